The van der Waals surface area contributed by atoms with E-state index < -0.39 is 11.7 Å². The molecule has 0 spiro atoms. The molecular formula is C26H29F3N6O. The van der Waals surface area contributed by atoms with E-state index in [2.05, 4.69) is 20.6 Å². The first kappa shape index (κ1) is 25.4. The number of carbonyl (C=O) groups excluding carboxylic acids is 1. The van der Waals surface area contributed by atoms with Gasteiger partial charge in [0.15, 0.2) is 0 Å². The first-order valence-corrected chi connectivity index (χ1v) is 11.8. The molecule has 1 unspecified atom stereocenters. The number of nitrogens with one attached hydrogen (secondary N) is 2. The number of likely N-dealkylation sites (N-methyl/N-ethyl adjacent to an activating group) is 1. The number of hydrogen-bond acceptors (Lipinski definition) is 6. The molecule has 0 radical (unpaired) electrons. The summed E-state index contributed by atoms with van der Waals surface area (Å²) in [5.41, 5.74) is -0.463. The number of benzene rings is 2. The zero-order chi connectivity index (χ0) is 25.7. The summed E-state index contributed by atoms with van der Waals surface area (Å²) in [5.74, 6) is -0.338. The lowest BCUT2D eigenvalue weighted by Gasteiger charge is -2.32. The molecular weight excluding hydrogens is 469 g/mol. The number of nitrogens with zero attached hydrogens (tertiary/aromatic N) is 4. The Morgan fingerprint density at radius 1 is 1.19 bits per heavy atom. The fourth-order valence-electron chi connectivity index (χ4n) is 4.11. The van der Waals surface area contributed by atoms with Crippen LogP contribution in [-0.4, -0.2) is 65.4 Å². The molecule has 36 heavy (non-hydrogen) atoms. The van der Waals surface area contributed by atoms with Crippen molar-refractivity contribution in [1.29, 1.82) is 0 Å². The molecule has 1 atom stereocenters. The fraction of sp³-hybridized carbons (Fsp3) is 0.346. The molecule has 4 rings (SSSR count). The average molecular weight is 499 g/mol. The van der Waals surface area contributed by atoms with Crippen molar-refractivity contribution in [2.45, 2.75) is 25.1 Å². The van der Waals surface area contributed by atoms with Crippen LogP contribution in [0.3, 0.4) is 0 Å². The quantitative estimate of drug-likeness (QED) is 0.451. The summed E-state index contributed by atoms with van der Waals surface area (Å²) >= 11 is 0. The molecule has 190 valence electrons. The van der Waals surface area contributed by atoms with Crippen molar-refractivity contribution in [3.8, 4) is 0 Å². The smallest absolute Gasteiger partial charge is 0.350 e. The number of aromatic nitrogens is 2. The van der Waals surface area contributed by atoms with Crippen LogP contribution in [0, 0.1) is 0 Å². The van der Waals surface area contributed by atoms with E-state index in [0.29, 0.717) is 25.3 Å². The normalized spacial score (nSPS) is 16.6. The molecule has 1 amide bonds. The van der Waals surface area contributed by atoms with Gasteiger partial charge in [0.1, 0.15) is 11.4 Å². The molecule has 2 N–H and O–H groups in total. The Morgan fingerprint density at radius 3 is 2.72 bits per heavy atom. The van der Waals surface area contributed by atoms with E-state index in [0.717, 1.165) is 29.8 Å². The van der Waals surface area contributed by atoms with Gasteiger partial charge in [0, 0.05) is 43.6 Å². The number of anilines is 3. The van der Waals surface area contributed by atoms with Crippen molar-refractivity contribution in [1.82, 2.24) is 19.8 Å². The summed E-state index contributed by atoms with van der Waals surface area (Å²) in [5, 5.41) is 7.82. The number of alkyl halides is 3. The second-order valence-electron chi connectivity index (χ2n) is 9.07. The molecule has 2 heterocycles. The summed E-state index contributed by atoms with van der Waals surface area (Å²) in [7, 11) is 3.84. The fourth-order valence-corrected chi connectivity index (χ4v) is 4.11. The van der Waals surface area contributed by atoms with E-state index in [-0.39, 0.29) is 23.7 Å². The molecule has 10 heteroatoms. The van der Waals surface area contributed by atoms with Crippen LogP contribution in [0.25, 0.3) is 10.8 Å². The molecule has 0 bridgehead atoms. The summed E-state index contributed by atoms with van der Waals surface area (Å²) in [4.78, 5) is 24.3. The van der Waals surface area contributed by atoms with Crippen LogP contribution in [0.2, 0.25) is 0 Å². The molecule has 1 aliphatic rings. The molecule has 3 aromatic rings. The first-order valence-electron chi connectivity index (χ1n) is 11.8. The van der Waals surface area contributed by atoms with E-state index in [4.69, 9.17) is 0 Å². The van der Waals surface area contributed by atoms with Gasteiger partial charge in [-0.25, -0.2) is 4.98 Å². The van der Waals surface area contributed by atoms with Crippen LogP contribution in [0.15, 0.2) is 60.8 Å². The van der Waals surface area contributed by atoms with Crippen LogP contribution in [0.1, 0.15) is 18.4 Å². The van der Waals surface area contributed by atoms with Gasteiger partial charge in [0.25, 0.3) is 0 Å². The van der Waals surface area contributed by atoms with Crippen LogP contribution in [-0.2, 0) is 11.0 Å². The van der Waals surface area contributed by atoms with E-state index in [9.17, 15) is 18.0 Å². The Kier molecular flexibility index (Phi) is 7.73. The third kappa shape index (κ3) is 6.51. The third-order valence-electron chi connectivity index (χ3n) is 5.90. The number of piperidine rings is 1. The standard InChI is InChI=1S/C26H29F3N6O/c1-34(2)13-6-10-23(36)35-14-5-9-21(17-35)32-25-30-16-22(26(27,28)29)24(33-25)31-20-12-11-18-7-3-4-8-19(18)15-20/h3-4,6-8,10-12,15-16,21H,5,9,13-14,17H2,1-2H3,(H2,30,31,32,33). The van der Waals surface area contributed by atoms with Crippen LogP contribution in [0.5, 0.6) is 0 Å². The topological polar surface area (TPSA) is 73.4 Å². The zero-order valence-corrected chi connectivity index (χ0v) is 20.2. The number of fused-ring (bicyclic) bond motifs is 1. The van der Waals surface area contributed by atoms with E-state index in [1.807, 2.05) is 55.4 Å². The molecule has 0 aliphatic carbocycles. The number of amides is 1. The summed E-state index contributed by atoms with van der Waals surface area (Å²) in [6, 6.07) is 12.8. The van der Waals surface area contributed by atoms with E-state index >= 15 is 0 Å². The highest BCUT2D eigenvalue weighted by Crippen LogP contribution is 2.35. The predicted molar refractivity (Wildman–Crippen MR) is 135 cm³/mol. The Balaban J connectivity index is 1.51. The maximum Gasteiger partial charge on any atom is 0.421 e. The lowest BCUT2D eigenvalue weighted by Crippen LogP contribution is -2.44. The number of halogens is 3. The Bertz CT molecular complexity index is 1240. The number of rotatable bonds is 7. The van der Waals surface area contributed by atoms with Gasteiger partial charge in [0.05, 0.1) is 0 Å². The summed E-state index contributed by atoms with van der Waals surface area (Å²) in [6.07, 6.45) is 1.06. The Hall–Kier alpha value is -3.66. The first-order chi connectivity index (χ1) is 17.2. The van der Waals surface area contributed by atoms with Gasteiger partial charge in [-0.2, -0.15) is 18.2 Å². The highest BCUT2D eigenvalue weighted by atomic mass is 19.4. The highest BCUT2D eigenvalue weighted by molar-refractivity contribution is 5.88. The molecule has 1 fully saturated rings. The molecule has 1 aromatic heterocycles. The van der Waals surface area contributed by atoms with Gasteiger partial charge in [-0.05, 0) is 49.8 Å². The summed E-state index contributed by atoms with van der Waals surface area (Å²) in [6.45, 7) is 1.71. The molecule has 1 saturated heterocycles. The maximum absolute atomic E-state index is 13.7. The van der Waals surface area contributed by atoms with E-state index in [1.165, 1.54) is 0 Å². The second kappa shape index (κ2) is 10.9. The van der Waals surface area contributed by atoms with Crippen LogP contribution >= 0.6 is 0 Å². The van der Waals surface area contributed by atoms with Gasteiger partial charge >= 0.3 is 6.18 Å². The number of carbonyl (C=O) groups is 1. The van der Waals surface area contributed by atoms with Crippen molar-refractivity contribution in [3.63, 3.8) is 0 Å². The van der Waals surface area contributed by atoms with Crippen LogP contribution in [0.4, 0.5) is 30.6 Å². The largest absolute Gasteiger partial charge is 0.421 e. The predicted octanol–water partition coefficient (Wildman–Crippen LogP) is 4.91. The Labute approximate surface area is 208 Å². The zero-order valence-electron chi connectivity index (χ0n) is 20.2. The number of hydrogen-bond donors (Lipinski definition) is 2. The SMILES string of the molecule is CN(C)CC=CC(=O)N1CCCC(Nc2ncc(C(F)(F)F)c(Nc3ccc4ccccc4c3)n2)C1. The lowest BCUT2D eigenvalue weighted by molar-refractivity contribution is -0.137. The molecule has 1 aliphatic heterocycles. The van der Waals surface area contributed by atoms with Crippen molar-refractivity contribution < 1.29 is 18.0 Å². The highest BCUT2D eigenvalue weighted by Gasteiger charge is 2.35. The maximum atomic E-state index is 13.7. The minimum atomic E-state index is -4.62. The van der Waals surface area contributed by atoms with Crippen molar-refractivity contribution in [3.05, 3.63) is 66.4 Å². The van der Waals surface area contributed by atoms with Gasteiger partial charge in [-0.1, -0.05) is 36.4 Å². The second-order valence-corrected chi connectivity index (χ2v) is 9.07. The lowest BCUT2D eigenvalue weighted by atomic mass is 10.1. The van der Waals surface area contributed by atoms with Crippen molar-refractivity contribution >= 4 is 34.1 Å². The van der Waals surface area contributed by atoms with Gasteiger partial charge in [-0.3, -0.25) is 4.79 Å². The number of likely N-dealkylation sites (tertiary alicyclic amines) is 1. The summed E-state index contributed by atoms with van der Waals surface area (Å²) < 4.78 is 41.1. The van der Waals surface area contributed by atoms with Crippen molar-refractivity contribution in [2.75, 3.05) is 44.4 Å². The monoisotopic (exact) mass is 498 g/mol. The van der Waals surface area contributed by atoms with Gasteiger partial charge in [0.2, 0.25) is 11.9 Å². The van der Waals surface area contributed by atoms with E-state index in [1.54, 1.807) is 23.1 Å². The average Bonchev–Trinajstić information content (AvgIpc) is 2.83. The third-order valence-corrected chi connectivity index (χ3v) is 5.90. The Morgan fingerprint density at radius 2 is 1.97 bits per heavy atom. The van der Waals surface area contributed by atoms with Gasteiger partial charge in [-0.15, -0.1) is 0 Å². The molecule has 7 nitrogen and oxygen atoms in total. The minimum Gasteiger partial charge on any atom is -0.350 e. The van der Waals surface area contributed by atoms with Crippen LogP contribution < -0.4 is 10.6 Å². The molecule has 0 saturated carbocycles. The van der Waals surface area contributed by atoms with Crippen molar-refractivity contribution in [2.24, 2.45) is 0 Å². The molecule has 2 aromatic carbocycles. The van der Waals surface area contributed by atoms with Gasteiger partial charge < -0.3 is 20.4 Å². The minimum absolute atomic E-state index is 0.0775.